The summed E-state index contributed by atoms with van der Waals surface area (Å²) >= 11 is 0. The Kier molecular flexibility index (Phi) is 7.25. The normalized spacial score (nSPS) is 11.4. The molecule has 0 radical (unpaired) electrons. The molecule has 2 aromatic rings. The van der Waals surface area contributed by atoms with Gasteiger partial charge in [0.05, 0.1) is 18.9 Å². The molecule has 5 heteroatoms. The summed E-state index contributed by atoms with van der Waals surface area (Å²) in [7, 11) is 0. The Bertz CT molecular complexity index is 722. The van der Waals surface area contributed by atoms with E-state index in [0.29, 0.717) is 6.61 Å². The molecule has 2 N–H and O–H groups in total. The first-order valence-electron chi connectivity index (χ1n) is 8.20. The number of carbonyl (C=O) groups excluding carboxylic acids is 1. The molecule has 0 saturated carbocycles. The van der Waals surface area contributed by atoms with Gasteiger partial charge in [-0.2, -0.15) is 5.10 Å². The summed E-state index contributed by atoms with van der Waals surface area (Å²) in [5, 5.41) is 7.10. The van der Waals surface area contributed by atoms with Crippen molar-refractivity contribution >= 4 is 23.4 Å². The Morgan fingerprint density at radius 2 is 1.84 bits per heavy atom. The predicted molar refractivity (Wildman–Crippen MR) is 103 cm³/mol. The monoisotopic (exact) mass is 337 g/mol. The van der Waals surface area contributed by atoms with Crippen molar-refractivity contribution in [2.45, 2.75) is 13.8 Å². The van der Waals surface area contributed by atoms with Crippen LogP contribution < -0.4 is 15.5 Å². The van der Waals surface area contributed by atoms with Gasteiger partial charge in [-0.05, 0) is 49.8 Å². The fraction of sp³-hybridized carbons (Fsp3) is 0.200. The standard InChI is InChI=1S/C20H23N3O2/c1-3-25-19-13-11-18(12-14-19)21-15-20(24)23-22-16(2)9-10-17-7-5-4-6-8-17/h4-14,21H,3,15H2,1-2H3,(H,23,24)/b10-9+,22-16?. The molecule has 0 bridgehead atoms. The van der Waals surface area contributed by atoms with Gasteiger partial charge in [-0.1, -0.05) is 36.4 Å². The van der Waals surface area contributed by atoms with E-state index >= 15 is 0 Å². The number of carbonyl (C=O) groups is 1. The Morgan fingerprint density at radius 3 is 2.52 bits per heavy atom. The van der Waals surface area contributed by atoms with Crippen LogP contribution in [0.1, 0.15) is 19.4 Å². The first-order valence-corrected chi connectivity index (χ1v) is 8.20. The predicted octanol–water partition coefficient (Wildman–Crippen LogP) is 3.70. The number of nitrogens with zero attached hydrogens (tertiary/aromatic N) is 1. The largest absolute Gasteiger partial charge is 0.494 e. The first kappa shape index (κ1) is 18.3. The highest BCUT2D eigenvalue weighted by Crippen LogP contribution is 2.15. The summed E-state index contributed by atoms with van der Waals surface area (Å²) in [6, 6.07) is 17.4. The van der Waals surface area contributed by atoms with Gasteiger partial charge in [0, 0.05) is 5.69 Å². The molecule has 0 unspecified atom stereocenters. The number of benzene rings is 2. The first-order chi connectivity index (χ1) is 12.2. The number of rotatable bonds is 8. The van der Waals surface area contributed by atoms with Gasteiger partial charge < -0.3 is 10.1 Å². The van der Waals surface area contributed by atoms with Crippen LogP contribution in [-0.2, 0) is 4.79 Å². The van der Waals surface area contributed by atoms with Crippen LogP contribution in [0.2, 0.25) is 0 Å². The molecule has 0 aromatic heterocycles. The van der Waals surface area contributed by atoms with Gasteiger partial charge in [-0.25, -0.2) is 5.43 Å². The molecule has 1 amide bonds. The Labute approximate surface area is 148 Å². The molecule has 0 saturated heterocycles. The molecule has 0 aliphatic rings. The number of hydrogen-bond acceptors (Lipinski definition) is 4. The zero-order valence-corrected chi connectivity index (χ0v) is 14.5. The topological polar surface area (TPSA) is 62.7 Å². The molecule has 25 heavy (non-hydrogen) atoms. The van der Waals surface area contributed by atoms with Crippen molar-refractivity contribution < 1.29 is 9.53 Å². The van der Waals surface area contributed by atoms with E-state index in [1.807, 2.05) is 80.6 Å². The van der Waals surface area contributed by atoms with Gasteiger partial charge in [-0.3, -0.25) is 4.79 Å². The van der Waals surface area contributed by atoms with Crippen molar-refractivity contribution in [2.75, 3.05) is 18.5 Å². The SMILES string of the molecule is CCOc1ccc(NCC(=O)NN=C(C)/C=C/c2ccccc2)cc1. The quantitative estimate of drug-likeness (QED) is 0.570. The molecule has 0 aliphatic carbocycles. The summed E-state index contributed by atoms with van der Waals surface area (Å²) in [5.74, 6) is 0.601. The number of allylic oxidation sites excluding steroid dienone is 1. The maximum absolute atomic E-state index is 11.8. The maximum atomic E-state index is 11.8. The minimum absolute atomic E-state index is 0.146. The lowest BCUT2D eigenvalue weighted by Crippen LogP contribution is -2.26. The number of hydrazone groups is 1. The molecular weight excluding hydrogens is 314 g/mol. The summed E-state index contributed by atoms with van der Waals surface area (Å²) in [5.41, 5.74) is 5.19. The molecule has 2 rings (SSSR count). The Hall–Kier alpha value is -3.08. The average molecular weight is 337 g/mol. The van der Waals surface area contributed by atoms with E-state index < -0.39 is 0 Å². The van der Waals surface area contributed by atoms with Crippen LogP contribution in [0.3, 0.4) is 0 Å². The van der Waals surface area contributed by atoms with Crippen LogP contribution in [0, 0.1) is 0 Å². The van der Waals surface area contributed by atoms with E-state index in [2.05, 4.69) is 15.8 Å². The number of anilines is 1. The maximum Gasteiger partial charge on any atom is 0.259 e. The molecule has 130 valence electrons. The van der Waals surface area contributed by atoms with Gasteiger partial charge in [0.25, 0.3) is 5.91 Å². The number of ether oxygens (including phenoxy) is 1. The summed E-state index contributed by atoms with van der Waals surface area (Å²) < 4.78 is 5.37. The Morgan fingerprint density at radius 1 is 1.12 bits per heavy atom. The van der Waals surface area contributed by atoms with Gasteiger partial charge in [-0.15, -0.1) is 0 Å². The number of hydrogen-bond donors (Lipinski definition) is 2. The van der Waals surface area contributed by atoms with Gasteiger partial charge in [0.15, 0.2) is 0 Å². The van der Waals surface area contributed by atoms with Crippen LogP contribution in [0.5, 0.6) is 5.75 Å². The van der Waals surface area contributed by atoms with E-state index in [1.54, 1.807) is 0 Å². The second kappa shape index (κ2) is 9.93. The van der Waals surface area contributed by atoms with Crippen LogP contribution in [0.15, 0.2) is 65.8 Å². The molecule has 0 heterocycles. The van der Waals surface area contributed by atoms with E-state index in [9.17, 15) is 4.79 Å². The summed E-state index contributed by atoms with van der Waals surface area (Å²) in [4.78, 5) is 11.8. The molecular formula is C20H23N3O2. The van der Waals surface area contributed by atoms with Crippen molar-refractivity contribution in [3.63, 3.8) is 0 Å². The molecule has 0 spiro atoms. The molecule has 0 aliphatic heterocycles. The van der Waals surface area contributed by atoms with Crippen LogP contribution >= 0.6 is 0 Å². The van der Waals surface area contributed by atoms with E-state index in [0.717, 1.165) is 22.7 Å². The lowest BCUT2D eigenvalue weighted by Gasteiger charge is -2.07. The number of amides is 1. The molecule has 5 nitrogen and oxygen atoms in total. The third kappa shape index (κ3) is 6.91. The van der Waals surface area contributed by atoms with Gasteiger partial charge in [0.1, 0.15) is 5.75 Å². The fourth-order valence-electron chi connectivity index (χ4n) is 2.03. The van der Waals surface area contributed by atoms with Crippen LogP contribution in [0.25, 0.3) is 6.08 Å². The molecule has 0 fully saturated rings. The summed E-state index contributed by atoms with van der Waals surface area (Å²) in [6.07, 6.45) is 3.80. The van der Waals surface area contributed by atoms with E-state index in [1.165, 1.54) is 0 Å². The van der Waals surface area contributed by atoms with Gasteiger partial charge >= 0.3 is 0 Å². The van der Waals surface area contributed by atoms with Crippen molar-refractivity contribution in [1.82, 2.24) is 5.43 Å². The highest BCUT2D eigenvalue weighted by atomic mass is 16.5. The zero-order valence-electron chi connectivity index (χ0n) is 14.5. The lowest BCUT2D eigenvalue weighted by molar-refractivity contribution is -0.119. The molecule has 0 atom stereocenters. The fourth-order valence-corrected chi connectivity index (χ4v) is 2.03. The van der Waals surface area contributed by atoms with E-state index in [4.69, 9.17) is 4.74 Å². The zero-order chi connectivity index (χ0) is 17.9. The van der Waals surface area contributed by atoms with Crippen molar-refractivity contribution in [3.8, 4) is 5.75 Å². The third-order valence-corrected chi connectivity index (χ3v) is 3.29. The van der Waals surface area contributed by atoms with Crippen LogP contribution in [-0.4, -0.2) is 24.8 Å². The van der Waals surface area contributed by atoms with Crippen LogP contribution in [0.4, 0.5) is 5.69 Å². The second-order valence-electron chi connectivity index (χ2n) is 5.34. The minimum Gasteiger partial charge on any atom is -0.494 e. The molecule has 2 aromatic carbocycles. The smallest absolute Gasteiger partial charge is 0.259 e. The summed E-state index contributed by atoms with van der Waals surface area (Å²) in [6.45, 7) is 4.55. The number of nitrogens with one attached hydrogen (secondary N) is 2. The average Bonchev–Trinajstić information content (AvgIpc) is 2.65. The van der Waals surface area contributed by atoms with Gasteiger partial charge in [0.2, 0.25) is 0 Å². The highest BCUT2D eigenvalue weighted by Gasteiger charge is 2.00. The third-order valence-electron chi connectivity index (χ3n) is 3.29. The van der Waals surface area contributed by atoms with E-state index in [-0.39, 0.29) is 12.5 Å². The van der Waals surface area contributed by atoms with Crippen molar-refractivity contribution in [3.05, 3.63) is 66.2 Å². The Balaban J connectivity index is 1.76. The minimum atomic E-state index is -0.207. The lowest BCUT2D eigenvalue weighted by atomic mass is 10.2. The van der Waals surface area contributed by atoms with Crippen molar-refractivity contribution in [1.29, 1.82) is 0 Å². The van der Waals surface area contributed by atoms with Crippen molar-refractivity contribution in [2.24, 2.45) is 5.10 Å². The second-order valence-corrected chi connectivity index (χ2v) is 5.34. The highest BCUT2D eigenvalue weighted by molar-refractivity contribution is 5.97.